The lowest BCUT2D eigenvalue weighted by molar-refractivity contribution is 0.0699. The van der Waals surface area contributed by atoms with Crippen molar-refractivity contribution in [3.8, 4) is 0 Å². The van der Waals surface area contributed by atoms with Crippen molar-refractivity contribution in [2.24, 2.45) is 0 Å². The molecule has 3 aromatic carbocycles. The van der Waals surface area contributed by atoms with E-state index in [0.717, 1.165) is 3.97 Å². The molecule has 31 heavy (non-hydrogen) atoms. The Hall–Kier alpha value is -3.07. The number of fused-ring (bicyclic) bond motifs is 1. The van der Waals surface area contributed by atoms with Gasteiger partial charge in [0.05, 0.1) is 32.6 Å². The molecule has 0 aliphatic heterocycles. The standard InChI is InChI=1S/C21H15Cl2N3O4S/c22-15-9-5-10-16(18(15)23)24-21-25-17-11-4-8-14(20(27)28)19(17)26(21)31(29,30)12-13-6-2-1-3-7-13/h1-11H,12H2,(H,24,25)(H,27,28). The Bertz CT molecular complexity index is 1400. The summed E-state index contributed by atoms with van der Waals surface area (Å²) < 4.78 is 27.8. The summed E-state index contributed by atoms with van der Waals surface area (Å²) in [4.78, 5) is 16.2. The van der Waals surface area contributed by atoms with Crippen molar-refractivity contribution in [3.63, 3.8) is 0 Å². The Morgan fingerprint density at radius 2 is 1.71 bits per heavy atom. The SMILES string of the molecule is O=C(O)c1cccc2nc(Nc3cccc(Cl)c3Cl)n(S(=O)(=O)Cc3ccccc3)c12. The first kappa shape index (κ1) is 21.2. The van der Waals surface area contributed by atoms with Crippen LogP contribution in [0.25, 0.3) is 11.0 Å². The van der Waals surface area contributed by atoms with Gasteiger partial charge in [0.2, 0.25) is 16.0 Å². The van der Waals surface area contributed by atoms with Gasteiger partial charge in [-0.1, -0.05) is 65.7 Å². The number of carbonyl (C=O) groups is 1. The van der Waals surface area contributed by atoms with Gasteiger partial charge in [-0.05, 0) is 29.8 Å². The minimum atomic E-state index is -4.07. The number of carboxylic acids is 1. The number of benzene rings is 3. The smallest absolute Gasteiger partial charge is 0.337 e. The molecule has 0 bridgehead atoms. The maximum atomic E-state index is 13.4. The Labute approximate surface area is 187 Å². The number of nitrogens with zero attached hydrogens (tertiary/aromatic N) is 2. The van der Waals surface area contributed by atoms with Crippen molar-refractivity contribution in [1.82, 2.24) is 8.96 Å². The van der Waals surface area contributed by atoms with Gasteiger partial charge in [-0.3, -0.25) is 0 Å². The topological polar surface area (TPSA) is 101 Å². The van der Waals surface area contributed by atoms with E-state index in [0.29, 0.717) is 11.3 Å². The van der Waals surface area contributed by atoms with Crippen LogP contribution in [-0.4, -0.2) is 28.5 Å². The predicted octanol–water partition coefficient (Wildman–Crippen LogP) is 5.16. The number of para-hydroxylation sites is 1. The van der Waals surface area contributed by atoms with E-state index in [4.69, 9.17) is 23.2 Å². The lowest BCUT2D eigenvalue weighted by atomic mass is 10.2. The van der Waals surface area contributed by atoms with Crippen LogP contribution in [0, 0.1) is 0 Å². The zero-order valence-electron chi connectivity index (χ0n) is 15.8. The molecule has 1 heterocycles. The summed E-state index contributed by atoms with van der Waals surface area (Å²) in [5.74, 6) is -1.72. The molecule has 2 N–H and O–H groups in total. The third kappa shape index (κ3) is 4.10. The Morgan fingerprint density at radius 1 is 1.00 bits per heavy atom. The third-order valence-electron chi connectivity index (χ3n) is 4.54. The quantitative estimate of drug-likeness (QED) is 0.399. The molecule has 0 aliphatic rings. The summed E-state index contributed by atoms with van der Waals surface area (Å²) in [6.07, 6.45) is 0. The summed E-state index contributed by atoms with van der Waals surface area (Å²) in [6, 6.07) is 17.8. The molecule has 4 rings (SSSR count). The van der Waals surface area contributed by atoms with E-state index in [1.165, 1.54) is 12.1 Å². The van der Waals surface area contributed by atoms with Gasteiger partial charge in [-0.25, -0.2) is 22.2 Å². The largest absolute Gasteiger partial charge is 0.478 e. The van der Waals surface area contributed by atoms with Crippen molar-refractivity contribution in [3.05, 3.63) is 87.9 Å². The average molecular weight is 476 g/mol. The third-order valence-corrected chi connectivity index (χ3v) is 6.96. The van der Waals surface area contributed by atoms with Gasteiger partial charge in [0.15, 0.2) is 0 Å². The number of hydrogen-bond acceptors (Lipinski definition) is 5. The van der Waals surface area contributed by atoms with E-state index in [2.05, 4.69) is 10.3 Å². The van der Waals surface area contributed by atoms with Gasteiger partial charge >= 0.3 is 5.97 Å². The molecule has 0 fully saturated rings. The van der Waals surface area contributed by atoms with E-state index >= 15 is 0 Å². The first-order valence-corrected chi connectivity index (χ1v) is 11.4. The molecule has 4 aromatic rings. The van der Waals surface area contributed by atoms with Gasteiger partial charge in [-0.15, -0.1) is 0 Å². The number of carboxylic acid groups (broad SMARTS) is 1. The van der Waals surface area contributed by atoms with Crippen molar-refractivity contribution in [1.29, 1.82) is 0 Å². The molecule has 0 saturated carbocycles. The number of imidazole rings is 1. The number of nitrogens with one attached hydrogen (secondary N) is 1. The van der Waals surface area contributed by atoms with Crippen LogP contribution in [0.3, 0.4) is 0 Å². The molecular formula is C21H15Cl2N3O4S. The van der Waals surface area contributed by atoms with E-state index in [9.17, 15) is 18.3 Å². The van der Waals surface area contributed by atoms with Gasteiger partial charge in [0.25, 0.3) is 0 Å². The molecule has 10 heteroatoms. The maximum absolute atomic E-state index is 13.4. The monoisotopic (exact) mass is 475 g/mol. The molecule has 0 aliphatic carbocycles. The second-order valence-electron chi connectivity index (χ2n) is 6.65. The fraction of sp³-hybridized carbons (Fsp3) is 0.0476. The van der Waals surface area contributed by atoms with E-state index in [-0.39, 0.29) is 38.3 Å². The van der Waals surface area contributed by atoms with Crippen molar-refractivity contribution in [2.75, 3.05) is 5.32 Å². The molecule has 0 spiro atoms. The summed E-state index contributed by atoms with van der Waals surface area (Å²) in [7, 11) is -4.07. The first-order chi connectivity index (χ1) is 14.8. The minimum Gasteiger partial charge on any atom is -0.478 e. The second kappa shape index (κ2) is 8.22. The van der Waals surface area contributed by atoms with Crippen LogP contribution in [0.1, 0.15) is 15.9 Å². The molecule has 0 amide bonds. The van der Waals surface area contributed by atoms with Crippen molar-refractivity contribution in [2.45, 2.75) is 5.75 Å². The summed E-state index contributed by atoms with van der Waals surface area (Å²) in [5.41, 5.74) is 0.858. The minimum absolute atomic E-state index is 0.0356. The Morgan fingerprint density at radius 3 is 2.42 bits per heavy atom. The lowest BCUT2D eigenvalue weighted by Crippen LogP contribution is -2.18. The molecule has 158 valence electrons. The lowest BCUT2D eigenvalue weighted by Gasteiger charge is -2.14. The van der Waals surface area contributed by atoms with E-state index in [1.807, 2.05) is 0 Å². The fourth-order valence-corrected chi connectivity index (χ4v) is 5.10. The van der Waals surface area contributed by atoms with Crippen LogP contribution in [0.2, 0.25) is 10.0 Å². The molecule has 0 atom stereocenters. The van der Waals surface area contributed by atoms with Crippen molar-refractivity contribution < 1.29 is 18.3 Å². The zero-order chi connectivity index (χ0) is 22.2. The molecule has 0 radical (unpaired) electrons. The number of anilines is 2. The Balaban J connectivity index is 1.95. The van der Waals surface area contributed by atoms with Crippen LogP contribution >= 0.6 is 23.2 Å². The number of aromatic carboxylic acids is 1. The summed E-state index contributed by atoms with van der Waals surface area (Å²) >= 11 is 12.3. The van der Waals surface area contributed by atoms with Gasteiger partial charge < -0.3 is 10.4 Å². The highest BCUT2D eigenvalue weighted by molar-refractivity contribution is 7.89. The van der Waals surface area contributed by atoms with Gasteiger partial charge in [-0.2, -0.15) is 0 Å². The molecule has 0 saturated heterocycles. The number of rotatable bonds is 6. The van der Waals surface area contributed by atoms with E-state index < -0.39 is 16.0 Å². The first-order valence-electron chi connectivity index (χ1n) is 9.01. The van der Waals surface area contributed by atoms with Crippen LogP contribution in [-0.2, 0) is 15.8 Å². The van der Waals surface area contributed by atoms with Crippen LogP contribution in [0.5, 0.6) is 0 Å². The molecule has 1 aromatic heterocycles. The van der Waals surface area contributed by atoms with Crippen LogP contribution in [0.15, 0.2) is 66.7 Å². The highest BCUT2D eigenvalue weighted by Crippen LogP contribution is 2.34. The molecule has 7 nitrogen and oxygen atoms in total. The van der Waals surface area contributed by atoms with E-state index in [1.54, 1.807) is 54.6 Å². The maximum Gasteiger partial charge on any atom is 0.337 e. The average Bonchev–Trinajstić information content (AvgIpc) is 3.10. The summed E-state index contributed by atoms with van der Waals surface area (Å²) in [6.45, 7) is 0. The van der Waals surface area contributed by atoms with Crippen LogP contribution < -0.4 is 5.32 Å². The number of aromatic nitrogens is 2. The molecular weight excluding hydrogens is 461 g/mol. The normalized spacial score (nSPS) is 11.5. The summed E-state index contributed by atoms with van der Waals surface area (Å²) in [5, 5.41) is 13.0. The highest BCUT2D eigenvalue weighted by Gasteiger charge is 2.27. The van der Waals surface area contributed by atoms with Gasteiger partial charge in [0, 0.05) is 0 Å². The van der Waals surface area contributed by atoms with Crippen molar-refractivity contribution >= 4 is 61.9 Å². The number of hydrogen-bond donors (Lipinski definition) is 2. The highest BCUT2D eigenvalue weighted by atomic mass is 35.5. The van der Waals surface area contributed by atoms with Crippen LogP contribution in [0.4, 0.5) is 11.6 Å². The fourth-order valence-electron chi connectivity index (χ4n) is 3.19. The number of halogens is 2. The second-order valence-corrected chi connectivity index (χ2v) is 9.25. The molecule has 0 unspecified atom stereocenters. The Kier molecular flexibility index (Phi) is 5.62. The zero-order valence-corrected chi connectivity index (χ0v) is 18.1. The predicted molar refractivity (Wildman–Crippen MR) is 121 cm³/mol. The van der Waals surface area contributed by atoms with Gasteiger partial charge in [0.1, 0.15) is 5.52 Å².